The third-order valence-corrected chi connectivity index (χ3v) is 5.96. The van der Waals surface area contributed by atoms with Crippen LogP contribution < -0.4 is 9.62 Å². The second kappa shape index (κ2) is 7.50. The number of carbonyl (C=O) groups excluding carboxylic acids is 1. The molecular formula is C20H26N2O3S. The van der Waals surface area contributed by atoms with Gasteiger partial charge in [-0.05, 0) is 62.1 Å². The molecule has 1 atom stereocenters. The predicted molar refractivity (Wildman–Crippen MR) is 106 cm³/mol. The van der Waals surface area contributed by atoms with Gasteiger partial charge in [-0.15, -0.1) is 0 Å². The van der Waals surface area contributed by atoms with Gasteiger partial charge in [0.25, 0.3) is 5.91 Å². The van der Waals surface area contributed by atoms with Crippen molar-refractivity contribution in [2.45, 2.75) is 33.7 Å². The zero-order valence-electron chi connectivity index (χ0n) is 16.1. The van der Waals surface area contributed by atoms with Gasteiger partial charge in [-0.25, -0.2) is 8.42 Å². The van der Waals surface area contributed by atoms with E-state index in [-0.39, 0.29) is 11.9 Å². The number of carbonyl (C=O) groups is 1. The molecule has 0 saturated heterocycles. The summed E-state index contributed by atoms with van der Waals surface area (Å²) < 4.78 is 24.8. The molecule has 0 radical (unpaired) electrons. The Hall–Kier alpha value is -2.34. The van der Waals surface area contributed by atoms with E-state index in [1.165, 1.54) is 22.5 Å². The van der Waals surface area contributed by atoms with E-state index in [1.54, 1.807) is 25.1 Å². The van der Waals surface area contributed by atoms with Crippen molar-refractivity contribution >= 4 is 21.6 Å². The highest BCUT2D eigenvalue weighted by molar-refractivity contribution is 7.92. The van der Waals surface area contributed by atoms with Crippen molar-refractivity contribution < 1.29 is 13.2 Å². The highest BCUT2D eigenvalue weighted by Crippen LogP contribution is 2.25. The van der Waals surface area contributed by atoms with E-state index in [2.05, 4.69) is 18.3 Å². The molecule has 2 aromatic rings. The number of anilines is 1. The summed E-state index contributed by atoms with van der Waals surface area (Å²) in [6.07, 6.45) is 1.14. The second-order valence-corrected chi connectivity index (χ2v) is 8.73. The van der Waals surface area contributed by atoms with Crippen LogP contribution in [0.2, 0.25) is 0 Å². The van der Waals surface area contributed by atoms with Gasteiger partial charge in [0.05, 0.1) is 18.0 Å². The van der Waals surface area contributed by atoms with Crippen molar-refractivity contribution in [3.05, 3.63) is 64.2 Å². The molecule has 0 aliphatic rings. The molecule has 0 aliphatic heterocycles. The summed E-state index contributed by atoms with van der Waals surface area (Å²) in [5.74, 6) is -0.225. The number of sulfonamides is 1. The minimum Gasteiger partial charge on any atom is -0.346 e. The number of rotatable bonds is 5. The quantitative estimate of drug-likeness (QED) is 0.871. The number of hydrogen-bond acceptors (Lipinski definition) is 3. The standard InChI is InChI=1S/C20H26N2O3S/c1-13-10-11-17(12-14(13)2)16(4)21-20(23)18-8-7-9-19(15(18)3)22(5)26(6,24)25/h7-12,16H,1-6H3,(H,21,23)/t16-/m1/s1. The van der Waals surface area contributed by atoms with E-state index in [9.17, 15) is 13.2 Å². The largest absolute Gasteiger partial charge is 0.346 e. The molecule has 0 heterocycles. The summed E-state index contributed by atoms with van der Waals surface area (Å²) >= 11 is 0. The molecule has 2 aromatic carbocycles. The van der Waals surface area contributed by atoms with E-state index in [4.69, 9.17) is 0 Å². The number of nitrogens with one attached hydrogen (secondary N) is 1. The molecule has 0 unspecified atom stereocenters. The van der Waals surface area contributed by atoms with Crippen LogP contribution in [0.4, 0.5) is 5.69 Å². The van der Waals surface area contributed by atoms with Gasteiger partial charge in [-0.3, -0.25) is 9.10 Å². The second-order valence-electron chi connectivity index (χ2n) is 6.72. The maximum absolute atomic E-state index is 12.7. The molecule has 1 N–H and O–H groups in total. The van der Waals surface area contributed by atoms with E-state index < -0.39 is 10.0 Å². The molecule has 1 amide bonds. The first-order chi connectivity index (χ1) is 12.0. The summed E-state index contributed by atoms with van der Waals surface area (Å²) in [7, 11) is -1.91. The number of aryl methyl sites for hydroxylation is 2. The fourth-order valence-corrected chi connectivity index (χ4v) is 3.34. The van der Waals surface area contributed by atoms with Crippen molar-refractivity contribution in [1.82, 2.24) is 5.32 Å². The summed E-state index contributed by atoms with van der Waals surface area (Å²) in [6.45, 7) is 7.79. The van der Waals surface area contributed by atoms with E-state index in [1.807, 2.05) is 26.0 Å². The van der Waals surface area contributed by atoms with Crippen LogP contribution in [0, 0.1) is 20.8 Å². The maximum atomic E-state index is 12.7. The van der Waals surface area contributed by atoms with Gasteiger partial charge in [0.1, 0.15) is 0 Å². The van der Waals surface area contributed by atoms with Crippen LogP contribution in [0.25, 0.3) is 0 Å². The predicted octanol–water partition coefficient (Wildman–Crippen LogP) is 3.50. The van der Waals surface area contributed by atoms with Crippen LogP contribution in [0.1, 0.15) is 45.6 Å². The van der Waals surface area contributed by atoms with E-state index in [0.29, 0.717) is 16.8 Å². The lowest BCUT2D eigenvalue weighted by Crippen LogP contribution is -2.29. The van der Waals surface area contributed by atoms with Crippen molar-refractivity contribution in [3.8, 4) is 0 Å². The van der Waals surface area contributed by atoms with Crippen LogP contribution in [-0.4, -0.2) is 27.6 Å². The molecule has 0 saturated carbocycles. The average molecular weight is 375 g/mol. The number of hydrogen-bond donors (Lipinski definition) is 1. The van der Waals surface area contributed by atoms with Crippen LogP contribution in [0.3, 0.4) is 0 Å². The Kier molecular flexibility index (Phi) is 5.76. The third kappa shape index (κ3) is 4.25. The fourth-order valence-electron chi connectivity index (χ4n) is 2.78. The Morgan fingerprint density at radius 1 is 1.08 bits per heavy atom. The normalized spacial score (nSPS) is 12.5. The number of amides is 1. The monoisotopic (exact) mass is 374 g/mol. The van der Waals surface area contributed by atoms with Gasteiger partial charge >= 0.3 is 0 Å². The molecule has 5 nitrogen and oxygen atoms in total. The van der Waals surface area contributed by atoms with Gasteiger partial charge < -0.3 is 5.32 Å². The first kappa shape index (κ1) is 20.0. The molecule has 0 aromatic heterocycles. The van der Waals surface area contributed by atoms with Crippen molar-refractivity contribution in [2.75, 3.05) is 17.6 Å². The van der Waals surface area contributed by atoms with Gasteiger partial charge in [0, 0.05) is 12.6 Å². The van der Waals surface area contributed by atoms with Crippen LogP contribution >= 0.6 is 0 Å². The lowest BCUT2D eigenvalue weighted by molar-refractivity contribution is 0.0939. The molecular weight excluding hydrogens is 348 g/mol. The van der Waals surface area contributed by atoms with Crippen molar-refractivity contribution in [2.24, 2.45) is 0 Å². The summed E-state index contributed by atoms with van der Waals surface area (Å²) in [4.78, 5) is 12.7. The Morgan fingerprint density at radius 3 is 2.31 bits per heavy atom. The van der Waals surface area contributed by atoms with Crippen LogP contribution in [0.15, 0.2) is 36.4 Å². The number of benzene rings is 2. The zero-order chi connectivity index (χ0) is 19.6. The minimum atomic E-state index is -3.39. The van der Waals surface area contributed by atoms with Crippen LogP contribution in [0.5, 0.6) is 0 Å². The highest BCUT2D eigenvalue weighted by atomic mass is 32.2. The maximum Gasteiger partial charge on any atom is 0.252 e. The Bertz CT molecular complexity index is 936. The Morgan fingerprint density at radius 2 is 1.73 bits per heavy atom. The number of nitrogens with zero attached hydrogens (tertiary/aromatic N) is 1. The fraction of sp³-hybridized carbons (Fsp3) is 0.350. The molecule has 0 spiro atoms. The smallest absolute Gasteiger partial charge is 0.252 e. The average Bonchev–Trinajstić information content (AvgIpc) is 2.55. The van der Waals surface area contributed by atoms with Gasteiger partial charge in [-0.2, -0.15) is 0 Å². The third-order valence-electron chi connectivity index (χ3n) is 4.77. The summed E-state index contributed by atoms with van der Waals surface area (Å²) in [5, 5.41) is 3.00. The summed E-state index contributed by atoms with van der Waals surface area (Å²) in [6, 6.07) is 11.1. The first-order valence-electron chi connectivity index (χ1n) is 8.44. The first-order valence-corrected chi connectivity index (χ1v) is 10.3. The van der Waals surface area contributed by atoms with E-state index in [0.717, 1.165) is 11.8 Å². The van der Waals surface area contributed by atoms with E-state index >= 15 is 0 Å². The van der Waals surface area contributed by atoms with Gasteiger partial charge in [-0.1, -0.05) is 24.3 Å². The molecule has 0 aliphatic carbocycles. The molecule has 2 rings (SSSR count). The molecule has 0 fully saturated rings. The van der Waals surface area contributed by atoms with Crippen molar-refractivity contribution in [1.29, 1.82) is 0 Å². The van der Waals surface area contributed by atoms with Crippen molar-refractivity contribution in [3.63, 3.8) is 0 Å². The Labute approximate surface area is 156 Å². The zero-order valence-corrected chi connectivity index (χ0v) is 16.9. The van der Waals surface area contributed by atoms with Crippen LogP contribution in [-0.2, 0) is 10.0 Å². The molecule has 0 bridgehead atoms. The lowest BCUT2D eigenvalue weighted by atomic mass is 10.0. The van der Waals surface area contributed by atoms with Gasteiger partial charge in [0.2, 0.25) is 10.0 Å². The topological polar surface area (TPSA) is 66.5 Å². The van der Waals surface area contributed by atoms with Gasteiger partial charge in [0.15, 0.2) is 0 Å². The lowest BCUT2D eigenvalue weighted by Gasteiger charge is -2.21. The molecule has 26 heavy (non-hydrogen) atoms. The SMILES string of the molecule is Cc1ccc([C@@H](C)NC(=O)c2cccc(N(C)S(C)(=O)=O)c2C)cc1C. The molecule has 6 heteroatoms. The Balaban J connectivity index is 2.28. The highest BCUT2D eigenvalue weighted by Gasteiger charge is 2.19. The summed E-state index contributed by atoms with van der Waals surface area (Å²) in [5.41, 5.74) is 5.01. The molecule has 140 valence electrons. The minimum absolute atomic E-state index is 0.155.